The summed E-state index contributed by atoms with van der Waals surface area (Å²) in [5.41, 5.74) is 0. The second-order valence-corrected chi connectivity index (χ2v) is 11.8. The highest BCUT2D eigenvalue weighted by atomic mass is 14.0. The smallest absolute Gasteiger partial charge is 0.0351 e. The first-order valence-corrected chi connectivity index (χ1v) is 18.1. The van der Waals surface area contributed by atoms with Gasteiger partial charge in [0.05, 0.1) is 0 Å². The first kappa shape index (κ1) is 39.6. The zero-order valence-electron chi connectivity index (χ0n) is 27.5. The van der Waals surface area contributed by atoms with E-state index in [-0.39, 0.29) is 0 Å². The second-order valence-electron chi connectivity index (χ2n) is 11.8. The zero-order valence-corrected chi connectivity index (χ0v) is 27.5. The number of allylic oxidation sites excluding steroid dienone is 4. The summed E-state index contributed by atoms with van der Waals surface area (Å²) in [6.45, 7) is 9.00. The van der Waals surface area contributed by atoms with Crippen LogP contribution in [0.15, 0.2) is 24.3 Å². The van der Waals surface area contributed by atoms with Gasteiger partial charge in [-0.15, -0.1) is 0 Å². The Morgan fingerprint density at radius 3 is 0.658 bits per heavy atom. The fourth-order valence-electron chi connectivity index (χ4n) is 5.13. The van der Waals surface area contributed by atoms with Gasteiger partial charge < -0.3 is 0 Å². The minimum Gasteiger partial charge on any atom is -0.0888 e. The van der Waals surface area contributed by atoms with Gasteiger partial charge in [-0.25, -0.2) is 0 Å². The lowest BCUT2D eigenvalue weighted by molar-refractivity contribution is 0.533. The van der Waals surface area contributed by atoms with Crippen LogP contribution in [0.1, 0.15) is 220 Å². The fraction of sp³-hybridized carbons (Fsp3) is 0.895. The molecule has 0 N–H and O–H groups in total. The summed E-state index contributed by atoms with van der Waals surface area (Å²) in [5.74, 6) is 0. The maximum Gasteiger partial charge on any atom is -0.0351 e. The molecule has 0 aliphatic heterocycles. The first-order chi connectivity index (χ1) is 18.8. The van der Waals surface area contributed by atoms with Crippen LogP contribution in [-0.4, -0.2) is 0 Å². The summed E-state index contributed by atoms with van der Waals surface area (Å²) in [5, 5.41) is 0. The zero-order chi connectivity index (χ0) is 28.0. The molecule has 0 bridgehead atoms. The SMILES string of the molecule is CC/C=C/CCCCCCCCCCCCC.CC/C=C/CCCCCCCCCCCCCCCCC. The van der Waals surface area contributed by atoms with Gasteiger partial charge in [-0.1, -0.05) is 206 Å². The van der Waals surface area contributed by atoms with Crippen molar-refractivity contribution in [1.82, 2.24) is 0 Å². The van der Waals surface area contributed by atoms with Gasteiger partial charge in [0.2, 0.25) is 0 Å². The molecule has 0 fully saturated rings. The highest BCUT2D eigenvalue weighted by Gasteiger charge is 1.94. The molecule has 0 amide bonds. The van der Waals surface area contributed by atoms with E-state index in [0.717, 1.165) is 0 Å². The summed E-state index contributed by atoms with van der Waals surface area (Å²) in [7, 11) is 0. The monoisotopic (exact) mass is 533 g/mol. The minimum absolute atomic E-state index is 1.19. The number of unbranched alkanes of at least 4 members (excludes halogenated alkanes) is 26. The summed E-state index contributed by atoms with van der Waals surface area (Å²) in [6, 6.07) is 0. The number of rotatable bonds is 30. The van der Waals surface area contributed by atoms with Gasteiger partial charge in [0.1, 0.15) is 0 Å². The Morgan fingerprint density at radius 1 is 0.237 bits per heavy atom. The molecular formula is C38H76. The van der Waals surface area contributed by atoms with Crippen molar-refractivity contribution in [3.05, 3.63) is 24.3 Å². The largest absolute Gasteiger partial charge is 0.0888 e. The molecule has 0 aromatic carbocycles. The first-order valence-electron chi connectivity index (χ1n) is 18.1. The molecule has 0 saturated carbocycles. The van der Waals surface area contributed by atoms with E-state index in [0.29, 0.717) is 0 Å². The van der Waals surface area contributed by atoms with E-state index in [2.05, 4.69) is 52.0 Å². The minimum atomic E-state index is 1.19. The molecule has 0 aliphatic rings. The normalized spacial score (nSPS) is 11.5. The van der Waals surface area contributed by atoms with E-state index in [1.54, 1.807) is 0 Å². The second kappa shape index (κ2) is 41.0. The van der Waals surface area contributed by atoms with Crippen molar-refractivity contribution in [3.63, 3.8) is 0 Å². The Kier molecular flexibility index (Phi) is 42.7. The highest BCUT2D eigenvalue weighted by molar-refractivity contribution is 4.80. The molecule has 0 saturated heterocycles. The third-order valence-electron chi connectivity index (χ3n) is 7.75. The van der Waals surface area contributed by atoms with Crippen molar-refractivity contribution >= 4 is 0 Å². The Balaban J connectivity index is 0. The van der Waals surface area contributed by atoms with Crippen LogP contribution in [-0.2, 0) is 0 Å². The van der Waals surface area contributed by atoms with Crippen molar-refractivity contribution in [1.29, 1.82) is 0 Å². The van der Waals surface area contributed by atoms with Gasteiger partial charge in [-0.3, -0.25) is 0 Å². The highest BCUT2D eigenvalue weighted by Crippen LogP contribution is 2.14. The van der Waals surface area contributed by atoms with Gasteiger partial charge in [0.15, 0.2) is 0 Å². The molecule has 0 rings (SSSR count). The molecular weight excluding hydrogens is 456 g/mol. The Bertz CT molecular complexity index is 418. The Labute approximate surface area is 244 Å². The molecule has 0 heteroatoms. The molecule has 38 heavy (non-hydrogen) atoms. The van der Waals surface area contributed by atoms with Gasteiger partial charge in [0, 0.05) is 0 Å². The van der Waals surface area contributed by atoms with E-state index in [4.69, 9.17) is 0 Å². The molecule has 0 unspecified atom stereocenters. The third kappa shape index (κ3) is 42.6. The molecule has 0 aliphatic carbocycles. The molecule has 0 aromatic heterocycles. The predicted octanol–water partition coefficient (Wildman–Crippen LogP) is 14.9. The van der Waals surface area contributed by atoms with Crippen LogP contribution in [0.4, 0.5) is 0 Å². The van der Waals surface area contributed by atoms with Crippen molar-refractivity contribution in [2.45, 2.75) is 220 Å². The van der Waals surface area contributed by atoms with Gasteiger partial charge in [0.25, 0.3) is 0 Å². The van der Waals surface area contributed by atoms with Crippen molar-refractivity contribution < 1.29 is 0 Å². The predicted molar refractivity (Wildman–Crippen MR) is 179 cm³/mol. The number of hydrogen-bond donors (Lipinski definition) is 0. The lowest BCUT2D eigenvalue weighted by Gasteiger charge is -2.03. The van der Waals surface area contributed by atoms with Crippen LogP contribution in [0.25, 0.3) is 0 Å². The molecule has 0 heterocycles. The average Bonchev–Trinajstić information content (AvgIpc) is 2.93. The molecule has 0 radical (unpaired) electrons. The van der Waals surface area contributed by atoms with Crippen molar-refractivity contribution in [3.8, 4) is 0 Å². The summed E-state index contributed by atoms with van der Waals surface area (Å²) >= 11 is 0. The molecule has 0 atom stereocenters. The van der Waals surface area contributed by atoms with Crippen molar-refractivity contribution in [2.75, 3.05) is 0 Å². The topological polar surface area (TPSA) is 0 Å². The van der Waals surface area contributed by atoms with E-state index >= 15 is 0 Å². The maximum absolute atomic E-state index is 2.35. The average molecular weight is 533 g/mol. The lowest BCUT2D eigenvalue weighted by Crippen LogP contribution is -1.83. The van der Waals surface area contributed by atoms with E-state index in [1.165, 1.54) is 193 Å². The summed E-state index contributed by atoms with van der Waals surface area (Å²) < 4.78 is 0. The van der Waals surface area contributed by atoms with Crippen LogP contribution >= 0.6 is 0 Å². The maximum atomic E-state index is 2.35. The fourth-order valence-corrected chi connectivity index (χ4v) is 5.13. The third-order valence-corrected chi connectivity index (χ3v) is 7.75. The van der Waals surface area contributed by atoms with E-state index < -0.39 is 0 Å². The standard InChI is InChI=1S/C21H42.C17H34/c1-3-5-7-9-11-13-15-17-19-21-20-18-16-14-12-10-8-6-4-2;1-3-5-7-9-11-13-15-17-16-14-12-10-8-6-4-2/h5,7H,3-4,6,8-21H2,1-2H3;5,7H,3-4,6,8-17H2,1-2H3/b2*7-5+. The van der Waals surface area contributed by atoms with Gasteiger partial charge in [-0.2, -0.15) is 0 Å². The Morgan fingerprint density at radius 2 is 0.447 bits per heavy atom. The molecule has 0 spiro atoms. The summed E-state index contributed by atoms with van der Waals surface area (Å²) in [6.07, 6.45) is 52.0. The summed E-state index contributed by atoms with van der Waals surface area (Å²) in [4.78, 5) is 0. The number of hydrogen-bond acceptors (Lipinski definition) is 0. The quantitative estimate of drug-likeness (QED) is 0.0637. The van der Waals surface area contributed by atoms with Crippen LogP contribution in [0.3, 0.4) is 0 Å². The molecule has 0 aromatic rings. The van der Waals surface area contributed by atoms with Gasteiger partial charge in [-0.05, 0) is 38.5 Å². The van der Waals surface area contributed by atoms with Gasteiger partial charge >= 0.3 is 0 Å². The molecule has 228 valence electrons. The van der Waals surface area contributed by atoms with Crippen LogP contribution in [0, 0.1) is 0 Å². The van der Waals surface area contributed by atoms with Crippen LogP contribution in [0.2, 0.25) is 0 Å². The van der Waals surface area contributed by atoms with Crippen LogP contribution < -0.4 is 0 Å². The lowest BCUT2D eigenvalue weighted by atomic mass is 10.0. The van der Waals surface area contributed by atoms with E-state index in [9.17, 15) is 0 Å². The van der Waals surface area contributed by atoms with Crippen molar-refractivity contribution in [2.24, 2.45) is 0 Å². The van der Waals surface area contributed by atoms with E-state index in [1.807, 2.05) is 0 Å². The molecule has 0 nitrogen and oxygen atoms in total. The Hall–Kier alpha value is -0.520. The van der Waals surface area contributed by atoms with Crippen LogP contribution in [0.5, 0.6) is 0 Å².